The highest BCUT2D eigenvalue weighted by Gasteiger charge is 2.28. The van der Waals surface area contributed by atoms with E-state index in [1.54, 1.807) is 29.9 Å². The summed E-state index contributed by atoms with van der Waals surface area (Å²) in [6.07, 6.45) is 1.73. The zero-order valence-electron chi connectivity index (χ0n) is 22.3. The molecule has 6 heteroatoms. The Kier molecular flexibility index (Phi) is 8.07. The lowest BCUT2D eigenvalue weighted by molar-refractivity contribution is 0.0671. The number of fused-ring (bicyclic) bond motifs is 1. The molecule has 0 aliphatic rings. The SMILES string of the molecule is CCc1ccc(-n2c(C(C)N(CCC(C)C)C(=O)c3cccc(OC)c3)nc3ccccc3c2=O)cc1. The van der Waals surface area contributed by atoms with Crippen molar-refractivity contribution < 1.29 is 9.53 Å². The number of amides is 1. The third-order valence-electron chi connectivity index (χ3n) is 6.77. The number of hydrogen-bond acceptors (Lipinski definition) is 4. The minimum Gasteiger partial charge on any atom is -0.497 e. The van der Waals surface area contributed by atoms with Crippen LogP contribution in [0.3, 0.4) is 0 Å². The fraction of sp³-hybridized carbons (Fsp3) is 0.323. The number of carbonyl (C=O) groups excluding carboxylic acids is 1. The number of aryl methyl sites for hydroxylation is 1. The van der Waals surface area contributed by atoms with E-state index in [2.05, 4.69) is 20.8 Å². The fourth-order valence-electron chi connectivity index (χ4n) is 4.49. The Balaban J connectivity index is 1.88. The lowest BCUT2D eigenvalue weighted by Crippen LogP contribution is -2.38. The molecule has 1 amide bonds. The molecule has 1 atom stereocenters. The van der Waals surface area contributed by atoms with E-state index in [0.29, 0.717) is 40.5 Å². The summed E-state index contributed by atoms with van der Waals surface area (Å²) in [5.74, 6) is 1.44. The van der Waals surface area contributed by atoms with Gasteiger partial charge in [-0.25, -0.2) is 4.98 Å². The van der Waals surface area contributed by atoms with Crippen LogP contribution in [-0.4, -0.2) is 34.0 Å². The first-order valence-electron chi connectivity index (χ1n) is 12.9. The minimum atomic E-state index is -0.458. The van der Waals surface area contributed by atoms with Crippen molar-refractivity contribution in [3.8, 4) is 11.4 Å². The zero-order chi connectivity index (χ0) is 26.5. The summed E-state index contributed by atoms with van der Waals surface area (Å²) in [5, 5.41) is 0.547. The van der Waals surface area contributed by atoms with E-state index in [1.807, 2.05) is 66.4 Å². The van der Waals surface area contributed by atoms with Crippen molar-refractivity contribution in [2.24, 2.45) is 5.92 Å². The maximum Gasteiger partial charge on any atom is 0.266 e. The molecule has 0 N–H and O–H groups in total. The zero-order valence-corrected chi connectivity index (χ0v) is 22.3. The second-order valence-corrected chi connectivity index (χ2v) is 9.74. The number of hydrogen-bond donors (Lipinski definition) is 0. The average molecular weight is 498 g/mol. The smallest absolute Gasteiger partial charge is 0.266 e. The molecule has 37 heavy (non-hydrogen) atoms. The quantitative estimate of drug-likeness (QED) is 0.276. The summed E-state index contributed by atoms with van der Waals surface area (Å²) in [7, 11) is 1.59. The Labute approximate surface area is 218 Å². The van der Waals surface area contributed by atoms with Gasteiger partial charge in [-0.1, -0.05) is 51.1 Å². The van der Waals surface area contributed by atoms with Crippen LogP contribution in [0, 0.1) is 5.92 Å². The van der Waals surface area contributed by atoms with Crippen molar-refractivity contribution in [3.63, 3.8) is 0 Å². The van der Waals surface area contributed by atoms with Gasteiger partial charge < -0.3 is 9.64 Å². The molecule has 0 aliphatic carbocycles. The molecule has 0 aliphatic heterocycles. The van der Waals surface area contributed by atoms with Crippen molar-refractivity contribution >= 4 is 16.8 Å². The van der Waals surface area contributed by atoms with Crippen LogP contribution in [0.15, 0.2) is 77.6 Å². The molecule has 4 rings (SSSR count). The van der Waals surface area contributed by atoms with Crippen LogP contribution in [0.4, 0.5) is 0 Å². The minimum absolute atomic E-state index is 0.123. The molecule has 1 aromatic heterocycles. The average Bonchev–Trinajstić information content (AvgIpc) is 2.92. The first-order chi connectivity index (χ1) is 17.8. The molecule has 0 saturated carbocycles. The van der Waals surface area contributed by atoms with Crippen molar-refractivity contribution in [1.29, 1.82) is 0 Å². The van der Waals surface area contributed by atoms with E-state index in [4.69, 9.17) is 9.72 Å². The molecule has 3 aromatic carbocycles. The molecule has 0 fully saturated rings. The van der Waals surface area contributed by atoms with Crippen LogP contribution in [0.1, 0.15) is 61.9 Å². The third kappa shape index (κ3) is 5.58. The second kappa shape index (κ2) is 11.4. The second-order valence-electron chi connectivity index (χ2n) is 9.74. The van der Waals surface area contributed by atoms with Gasteiger partial charge >= 0.3 is 0 Å². The largest absolute Gasteiger partial charge is 0.497 e. The number of nitrogens with zero attached hydrogens (tertiary/aromatic N) is 3. The van der Waals surface area contributed by atoms with Crippen LogP contribution < -0.4 is 10.3 Å². The Morgan fingerprint density at radius 1 is 1.00 bits per heavy atom. The molecule has 0 spiro atoms. The normalized spacial score (nSPS) is 12.1. The van der Waals surface area contributed by atoms with Gasteiger partial charge in [-0.3, -0.25) is 14.2 Å². The lowest BCUT2D eigenvalue weighted by atomic mass is 10.1. The number of methoxy groups -OCH3 is 1. The van der Waals surface area contributed by atoms with Gasteiger partial charge in [-0.05, 0) is 73.7 Å². The number of rotatable bonds is 9. The third-order valence-corrected chi connectivity index (χ3v) is 6.77. The van der Waals surface area contributed by atoms with Crippen LogP contribution in [0.2, 0.25) is 0 Å². The van der Waals surface area contributed by atoms with Crippen LogP contribution in [0.5, 0.6) is 5.75 Å². The van der Waals surface area contributed by atoms with Gasteiger partial charge in [-0.2, -0.15) is 0 Å². The highest BCUT2D eigenvalue weighted by Crippen LogP contribution is 2.26. The molecular formula is C31H35N3O3. The van der Waals surface area contributed by atoms with Gasteiger partial charge in [0.1, 0.15) is 11.6 Å². The Hall–Kier alpha value is -3.93. The molecule has 1 unspecified atom stereocenters. The van der Waals surface area contributed by atoms with E-state index in [9.17, 15) is 9.59 Å². The highest BCUT2D eigenvalue weighted by molar-refractivity contribution is 5.95. The molecule has 0 radical (unpaired) electrons. The van der Waals surface area contributed by atoms with E-state index >= 15 is 0 Å². The summed E-state index contributed by atoms with van der Waals surface area (Å²) in [5.41, 5.74) is 2.94. The molecule has 1 heterocycles. The van der Waals surface area contributed by atoms with Crippen molar-refractivity contribution in [1.82, 2.24) is 14.5 Å². The number of aromatic nitrogens is 2. The predicted molar refractivity (Wildman–Crippen MR) is 149 cm³/mol. The summed E-state index contributed by atoms with van der Waals surface area (Å²) in [6, 6.07) is 22.1. The molecule has 0 bridgehead atoms. The highest BCUT2D eigenvalue weighted by atomic mass is 16.5. The molecule has 4 aromatic rings. The maximum atomic E-state index is 13.9. The predicted octanol–water partition coefficient (Wildman–Crippen LogP) is 6.21. The lowest BCUT2D eigenvalue weighted by Gasteiger charge is -2.31. The maximum absolute atomic E-state index is 13.9. The van der Waals surface area contributed by atoms with Gasteiger partial charge in [0.2, 0.25) is 0 Å². The van der Waals surface area contributed by atoms with Gasteiger partial charge in [0.25, 0.3) is 11.5 Å². The summed E-state index contributed by atoms with van der Waals surface area (Å²) < 4.78 is 7.02. The van der Waals surface area contributed by atoms with E-state index in [-0.39, 0.29) is 11.5 Å². The van der Waals surface area contributed by atoms with Gasteiger partial charge in [-0.15, -0.1) is 0 Å². The van der Waals surface area contributed by atoms with Crippen molar-refractivity contribution in [2.45, 2.75) is 46.6 Å². The fourth-order valence-corrected chi connectivity index (χ4v) is 4.49. The summed E-state index contributed by atoms with van der Waals surface area (Å²) in [6.45, 7) is 8.86. The molecular weight excluding hydrogens is 462 g/mol. The van der Waals surface area contributed by atoms with Gasteiger partial charge in [0.15, 0.2) is 0 Å². The number of carbonyl (C=O) groups is 1. The monoisotopic (exact) mass is 497 g/mol. The van der Waals surface area contributed by atoms with E-state index in [0.717, 1.165) is 18.5 Å². The van der Waals surface area contributed by atoms with Gasteiger partial charge in [0.05, 0.1) is 29.7 Å². The van der Waals surface area contributed by atoms with Crippen LogP contribution in [0.25, 0.3) is 16.6 Å². The standard InChI is InChI=1S/C31H35N3O3/c1-6-23-14-16-25(17-15-23)34-29(32-28-13-8-7-12-27(28)31(34)36)22(4)33(19-18-21(2)3)30(35)24-10-9-11-26(20-24)37-5/h7-17,20-22H,6,18-19H2,1-5H3. The van der Waals surface area contributed by atoms with Gasteiger partial charge in [0, 0.05) is 12.1 Å². The first-order valence-corrected chi connectivity index (χ1v) is 12.9. The van der Waals surface area contributed by atoms with Crippen molar-refractivity contribution in [2.75, 3.05) is 13.7 Å². The number of ether oxygens (including phenoxy) is 1. The Morgan fingerprint density at radius 3 is 2.41 bits per heavy atom. The van der Waals surface area contributed by atoms with Crippen LogP contribution in [-0.2, 0) is 6.42 Å². The Bertz CT molecular complexity index is 1440. The molecule has 192 valence electrons. The van der Waals surface area contributed by atoms with Crippen LogP contribution >= 0.6 is 0 Å². The number of para-hydroxylation sites is 1. The molecule has 6 nitrogen and oxygen atoms in total. The molecule has 0 saturated heterocycles. The topological polar surface area (TPSA) is 64.4 Å². The van der Waals surface area contributed by atoms with Crippen molar-refractivity contribution in [3.05, 3.63) is 100 Å². The van der Waals surface area contributed by atoms with E-state index in [1.165, 1.54) is 5.56 Å². The number of benzene rings is 3. The van der Waals surface area contributed by atoms with E-state index < -0.39 is 6.04 Å². The Morgan fingerprint density at radius 2 is 1.73 bits per heavy atom. The summed E-state index contributed by atoms with van der Waals surface area (Å²) in [4.78, 5) is 34.5. The summed E-state index contributed by atoms with van der Waals surface area (Å²) >= 11 is 0. The first kappa shape index (κ1) is 26.1.